The monoisotopic (exact) mass is 326 g/mol. The minimum Gasteiger partial charge on any atom is -0.246 e. The molecule has 23 heavy (non-hydrogen) atoms. The van der Waals surface area contributed by atoms with Gasteiger partial charge in [-0.3, -0.25) is 0 Å². The first-order valence-corrected chi connectivity index (χ1v) is 8.89. The van der Waals surface area contributed by atoms with Gasteiger partial charge in [-0.25, -0.2) is 14.6 Å². The first-order valence-electron chi connectivity index (χ1n) is 8.07. The normalized spacial score (nSPS) is 11.1. The molecule has 0 aliphatic heterocycles. The Balaban J connectivity index is 1.99. The van der Waals surface area contributed by atoms with E-state index in [1.165, 1.54) is 10.4 Å². The van der Waals surface area contributed by atoms with Gasteiger partial charge in [0.25, 0.3) is 0 Å². The van der Waals surface area contributed by atoms with Crippen LogP contribution in [0.1, 0.15) is 46.6 Å². The fourth-order valence-corrected chi connectivity index (χ4v) is 3.46. The number of thiazole rings is 1. The van der Waals surface area contributed by atoms with Gasteiger partial charge >= 0.3 is 0 Å². The Bertz CT molecular complexity index is 799. The van der Waals surface area contributed by atoms with Crippen molar-refractivity contribution in [2.45, 2.75) is 47.0 Å². The van der Waals surface area contributed by atoms with Gasteiger partial charge in [0.1, 0.15) is 5.82 Å². The van der Waals surface area contributed by atoms with Gasteiger partial charge in [-0.15, -0.1) is 11.3 Å². The summed E-state index contributed by atoms with van der Waals surface area (Å²) >= 11 is 1.74. The predicted molar refractivity (Wildman–Crippen MR) is 94.5 cm³/mol. The van der Waals surface area contributed by atoms with E-state index in [1.807, 2.05) is 11.6 Å². The lowest BCUT2D eigenvalue weighted by molar-refractivity contribution is 0.792. The molecule has 3 rings (SSSR count). The fraction of sp³-hybridized carbons (Fsp3) is 0.389. The molecule has 3 aromatic rings. The molecule has 4 nitrogen and oxygen atoms in total. The molecule has 5 heteroatoms. The Morgan fingerprint density at radius 3 is 2.30 bits per heavy atom. The highest BCUT2D eigenvalue weighted by Crippen LogP contribution is 2.21. The number of nitrogens with zero attached hydrogens (tertiary/aromatic N) is 4. The highest BCUT2D eigenvalue weighted by atomic mass is 32.1. The van der Waals surface area contributed by atoms with Crippen LogP contribution in [0.5, 0.6) is 0 Å². The van der Waals surface area contributed by atoms with Crippen molar-refractivity contribution in [3.8, 4) is 5.69 Å². The molecule has 0 spiro atoms. The van der Waals surface area contributed by atoms with E-state index in [0.29, 0.717) is 0 Å². The van der Waals surface area contributed by atoms with E-state index in [2.05, 4.69) is 55.1 Å². The van der Waals surface area contributed by atoms with Gasteiger partial charge in [0.2, 0.25) is 0 Å². The molecule has 1 aromatic carbocycles. The number of hydrogen-bond donors (Lipinski definition) is 0. The lowest BCUT2D eigenvalue weighted by Gasteiger charge is -2.06. The summed E-state index contributed by atoms with van der Waals surface area (Å²) in [4.78, 5) is 10.6. The minimum absolute atomic E-state index is 0.721. The van der Waals surface area contributed by atoms with Crippen LogP contribution < -0.4 is 0 Å². The quantitative estimate of drug-likeness (QED) is 0.710. The Hall–Kier alpha value is -2.01. The van der Waals surface area contributed by atoms with Crippen molar-refractivity contribution in [1.29, 1.82) is 0 Å². The summed E-state index contributed by atoms with van der Waals surface area (Å²) in [6, 6.07) is 8.56. The van der Waals surface area contributed by atoms with E-state index in [9.17, 15) is 0 Å². The van der Waals surface area contributed by atoms with Crippen LogP contribution in [0.4, 0.5) is 0 Å². The summed E-state index contributed by atoms with van der Waals surface area (Å²) in [6.45, 7) is 8.42. The molecule has 0 saturated carbocycles. The van der Waals surface area contributed by atoms with Crippen molar-refractivity contribution in [1.82, 2.24) is 19.7 Å². The zero-order valence-electron chi connectivity index (χ0n) is 14.1. The number of aromatic nitrogens is 4. The second kappa shape index (κ2) is 6.62. The van der Waals surface area contributed by atoms with E-state index in [4.69, 9.17) is 4.98 Å². The van der Waals surface area contributed by atoms with Crippen LogP contribution in [0.25, 0.3) is 5.69 Å². The molecule has 0 N–H and O–H groups in total. The van der Waals surface area contributed by atoms with E-state index < -0.39 is 0 Å². The van der Waals surface area contributed by atoms with Crippen molar-refractivity contribution in [2.24, 2.45) is 0 Å². The number of rotatable bonds is 5. The van der Waals surface area contributed by atoms with Gasteiger partial charge in [-0.1, -0.05) is 26.0 Å². The van der Waals surface area contributed by atoms with Crippen LogP contribution in [0, 0.1) is 13.8 Å². The third-order valence-corrected chi connectivity index (χ3v) is 4.88. The summed E-state index contributed by atoms with van der Waals surface area (Å²) in [6.07, 6.45) is 2.60. The van der Waals surface area contributed by atoms with E-state index in [0.717, 1.165) is 47.3 Å². The van der Waals surface area contributed by atoms with E-state index >= 15 is 0 Å². The van der Waals surface area contributed by atoms with Gasteiger partial charge in [0.05, 0.1) is 22.8 Å². The third kappa shape index (κ3) is 3.34. The number of hydrogen-bond acceptors (Lipinski definition) is 4. The SMILES string of the molecule is CCc1ccc(-n2nc(CC)nc2Cc2nc(C)sc2C)cc1. The van der Waals surface area contributed by atoms with Crippen LogP contribution >= 0.6 is 11.3 Å². The van der Waals surface area contributed by atoms with Gasteiger partial charge in [0.15, 0.2) is 5.82 Å². The van der Waals surface area contributed by atoms with Crippen LogP contribution in [-0.2, 0) is 19.3 Å². The van der Waals surface area contributed by atoms with E-state index in [1.54, 1.807) is 11.3 Å². The average Bonchev–Trinajstić information content (AvgIpc) is 3.11. The summed E-state index contributed by atoms with van der Waals surface area (Å²) < 4.78 is 1.96. The smallest absolute Gasteiger partial charge is 0.151 e. The Morgan fingerprint density at radius 2 is 1.74 bits per heavy atom. The molecular formula is C18H22N4S. The Labute approximate surface area is 141 Å². The van der Waals surface area contributed by atoms with Crippen molar-refractivity contribution in [3.63, 3.8) is 0 Å². The summed E-state index contributed by atoms with van der Waals surface area (Å²) in [7, 11) is 0. The molecule has 0 radical (unpaired) electrons. The molecule has 0 amide bonds. The third-order valence-electron chi connectivity index (χ3n) is 3.95. The van der Waals surface area contributed by atoms with Gasteiger partial charge < -0.3 is 0 Å². The molecule has 0 atom stereocenters. The van der Waals surface area contributed by atoms with Gasteiger partial charge in [-0.05, 0) is 38.0 Å². The Kier molecular flexibility index (Phi) is 4.57. The second-order valence-electron chi connectivity index (χ2n) is 5.64. The van der Waals surface area contributed by atoms with Crippen molar-refractivity contribution >= 4 is 11.3 Å². The van der Waals surface area contributed by atoms with Crippen LogP contribution in [0.2, 0.25) is 0 Å². The second-order valence-corrected chi connectivity index (χ2v) is 7.05. The van der Waals surface area contributed by atoms with Crippen molar-refractivity contribution < 1.29 is 0 Å². The molecule has 2 aromatic heterocycles. The van der Waals surface area contributed by atoms with E-state index in [-0.39, 0.29) is 0 Å². The average molecular weight is 326 g/mol. The molecule has 120 valence electrons. The maximum atomic E-state index is 4.71. The molecule has 0 unspecified atom stereocenters. The predicted octanol–water partition coefficient (Wildman–Crippen LogP) is 4.06. The summed E-state index contributed by atoms with van der Waals surface area (Å²) in [5, 5.41) is 5.77. The lowest BCUT2D eigenvalue weighted by Crippen LogP contribution is -2.05. The highest BCUT2D eigenvalue weighted by molar-refractivity contribution is 7.11. The van der Waals surface area contributed by atoms with Crippen LogP contribution in [0.15, 0.2) is 24.3 Å². The summed E-state index contributed by atoms with van der Waals surface area (Å²) in [5.74, 6) is 1.84. The van der Waals surface area contributed by atoms with Gasteiger partial charge in [-0.2, -0.15) is 5.10 Å². The summed E-state index contributed by atoms with van der Waals surface area (Å²) in [5.41, 5.74) is 3.50. The standard InChI is InChI=1S/C18H22N4S/c1-5-14-7-9-15(10-8-14)22-18(20-17(6-2)21-22)11-16-12(3)23-13(4)19-16/h7-10H,5-6,11H2,1-4H3. The molecule has 2 heterocycles. The first-order chi connectivity index (χ1) is 11.1. The molecule has 0 bridgehead atoms. The van der Waals surface area contributed by atoms with Crippen molar-refractivity contribution in [3.05, 3.63) is 57.1 Å². The zero-order chi connectivity index (χ0) is 16.4. The minimum atomic E-state index is 0.721. The van der Waals surface area contributed by atoms with Crippen molar-refractivity contribution in [2.75, 3.05) is 0 Å². The number of aryl methyl sites for hydroxylation is 4. The molecular weight excluding hydrogens is 304 g/mol. The largest absolute Gasteiger partial charge is 0.246 e. The fourth-order valence-electron chi connectivity index (χ4n) is 2.62. The van der Waals surface area contributed by atoms with Gasteiger partial charge in [0, 0.05) is 11.3 Å². The maximum Gasteiger partial charge on any atom is 0.151 e. The highest BCUT2D eigenvalue weighted by Gasteiger charge is 2.14. The van der Waals surface area contributed by atoms with Crippen LogP contribution in [-0.4, -0.2) is 19.7 Å². The lowest BCUT2D eigenvalue weighted by atomic mass is 10.1. The maximum absolute atomic E-state index is 4.71. The Morgan fingerprint density at radius 1 is 1.00 bits per heavy atom. The zero-order valence-corrected chi connectivity index (χ0v) is 14.9. The molecule has 0 aliphatic rings. The first kappa shape index (κ1) is 15.9. The number of benzene rings is 1. The molecule has 0 aliphatic carbocycles. The topological polar surface area (TPSA) is 43.6 Å². The van der Waals surface area contributed by atoms with Crippen LogP contribution in [0.3, 0.4) is 0 Å². The molecule has 0 saturated heterocycles. The molecule has 0 fully saturated rings.